The van der Waals surface area contributed by atoms with Crippen LogP contribution in [0.5, 0.6) is 0 Å². The van der Waals surface area contributed by atoms with Crippen LogP contribution < -0.4 is 5.32 Å². The Morgan fingerprint density at radius 1 is 1.03 bits per heavy atom. The molecule has 2 fully saturated rings. The van der Waals surface area contributed by atoms with Crippen molar-refractivity contribution in [2.75, 3.05) is 26.2 Å². The number of hydrogen-bond donors (Lipinski definition) is 1. The van der Waals surface area contributed by atoms with Gasteiger partial charge in [-0.1, -0.05) is 44.9 Å². The molecule has 4 heterocycles. The number of nitrogens with one attached hydrogen (secondary N) is 1. The molecule has 1 saturated carbocycles. The first kappa shape index (κ1) is 23.9. The average molecular weight is 485 g/mol. The van der Waals surface area contributed by atoms with Gasteiger partial charge in [-0.05, 0) is 63.2 Å². The average Bonchev–Trinajstić information content (AvgIpc) is 3.29. The first-order valence-corrected chi connectivity index (χ1v) is 14.4. The normalized spacial score (nSPS) is 25.6. The first-order chi connectivity index (χ1) is 16.6. The van der Waals surface area contributed by atoms with E-state index in [4.69, 9.17) is 0 Å². The van der Waals surface area contributed by atoms with E-state index in [-0.39, 0.29) is 17.9 Å². The molecule has 5 rings (SSSR count). The molecule has 7 heteroatoms. The van der Waals surface area contributed by atoms with Crippen LogP contribution in [-0.2, 0) is 11.3 Å². The maximum atomic E-state index is 13.9. The Morgan fingerprint density at radius 3 is 2.44 bits per heavy atom. The predicted octanol–water partition coefficient (Wildman–Crippen LogP) is 5.02. The van der Waals surface area contributed by atoms with E-state index in [0.717, 1.165) is 48.4 Å². The SMILES string of the molecule is C[C@@]1(C(=O)NC2CCCCCCC2)Cn2c(cc3sccc32)C(=O)N1CCN1CCCCCC1. The van der Waals surface area contributed by atoms with Crippen molar-refractivity contribution in [1.82, 2.24) is 19.7 Å². The monoisotopic (exact) mass is 484 g/mol. The van der Waals surface area contributed by atoms with Crippen molar-refractivity contribution < 1.29 is 9.59 Å². The molecule has 1 atom stereocenters. The van der Waals surface area contributed by atoms with Crippen LogP contribution in [0.2, 0.25) is 0 Å². The molecule has 6 nitrogen and oxygen atoms in total. The lowest BCUT2D eigenvalue weighted by Crippen LogP contribution is -2.65. The fourth-order valence-corrected chi connectivity index (χ4v) is 6.99. The summed E-state index contributed by atoms with van der Waals surface area (Å²) in [5.41, 5.74) is 0.922. The lowest BCUT2D eigenvalue weighted by molar-refractivity contribution is -0.133. The highest BCUT2D eigenvalue weighted by Gasteiger charge is 2.48. The van der Waals surface area contributed by atoms with Gasteiger partial charge in [0.05, 0.1) is 16.8 Å². The van der Waals surface area contributed by atoms with Gasteiger partial charge in [0.25, 0.3) is 5.91 Å². The highest BCUT2D eigenvalue weighted by Crippen LogP contribution is 2.34. The molecule has 0 bridgehead atoms. The number of likely N-dealkylation sites (tertiary alicyclic amines) is 1. The second-order valence-electron chi connectivity index (χ2n) is 10.8. The van der Waals surface area contributed by atoms with E-state index in [0.29, 0.717) is 13.1 Å². The van der Waals surface area contributed by atoms with Gasteiger partial charge in [-0.25, -0.2) is 0 Å². The molecule has 34 heavy (non-hydrogen) atoms. The summed E-state index contributed by atoms with van der Waals surface area (Å²) < 4.78 is 3.22. The van der Waals surface area contributed by atoms with Gasteiger partial charge in [0, 0.05) is 19.1 Å². The minimum Gasteiger partial charge on any atom is -0.351 e. The fraction of sp³-hybridized carbons (Fsp3) is 0.704. The zero-order valence-corrected chi connectivity index (χ0v) is 21.5. The van der Waals surface area contributed by atoms with Crippen LogP contribution in [0.3, 0.4) is 0 Å². The van der Waals surface area contributed by atoms with Crippen molar-refractivity contribution in [3.63, 3.8) is 0 Å². The van der Waals surface area contributed by atoms with Gasteiger partial charge >= 0.3 is 0 Å². The molecule has 0 spiro atoms. The zero-order valence-electron chi connectivity index (χ0n) is 20.7. The van der Waals surface area contributed by atoms with Crippen LogP contribution in [0, 0.1) is 0 Å². The molecule has 2 amide bonds. The molecule has 2 aromatic rings. The molecule has 0 radical (unpaired) electrons. The number of rotatable bonds is 5. The molecule has 186 valence electrons. The quantitative estimate of drug-likeness (QED) is 0.648. The minimum absolute atomic E-state index is 0.000196. The molecule has 2 aromatic heterocycles. The van der Waals surface area contributed by atoms with E-state index in [9.17, 15) is 9.59 Å². The van der Waals surface area contributed by atoms with Gasteiger partial charge < -0.3 is 19.7 Å². The number of carbonyl (C=O) groups is 2. The molecular formula is C27H40N4O2S. The van der Waals surface area contributed by atoms with Crippen molar-refractivity contribution in [2.45, 2.75) is 95.7 Å². The van der Waals surface area contributed by atoms with Gasteiger partial charge in [0.2, 0.25) is 5.91 Å². The number of aromatic nitrogens is 1. The van der Waals surface area contributed by atoms with E-state index in [1.54, 1.807) is 11.3 Å². The lowest BCUT2D eigenvalue weighted by Gasteiger charge is -2.45. The van der Waals surface area contributed by atoms with Gasteiger partial charge in [0.15, 0.2) is 0 Å². The maximum Gasteiger partial charge on any atom is 0.271 e. The predicted molar refractivity (Wildman–Crippen MR) is 138 cm³/mol. The standard InChI is InChI=1S/C27H40N4O2S/c1-27(26(33)28-21-11-7-3-2-4-8-12-21)20-30-22-13-18-34-24(22)19-23(30)25(32)31(27)17-16-29-14-9-5-6-10-15-29/h13,18-19,21H,2-12,14-17,20H2,1H3,(H,28,33)/t27-/m0/s1. The number of hydrogen-bond acceptors (Lipinski definition) is 4. The third-order valence-electron chi connectivity index (χ3n) is 8.32. The summed E-state index contributed by atoms with van der Waals surface area (Å²) in [5.74, 6) is 0.0183. The van der Waals surface area contributed by atoms with Crippen LogP contribution in [0.25, 0.3) is 10.2 Å². The fourth-order valence-electron chi connectivity index (χ4n) is 6.17. The van der Waals surface area contributed by atoms with Crippen LogP contribution in [0.15, 0.2) is 17.5 Å². The molecule has 1 aliphatic carbocycles. The van der Waals surface area contributed by atoms with E-state index < -0.39 is 5.54 Å². The van der Waals surface area contributed by atoms with Crippen molar-refractivity contribution in [1.29, 1.82) is 0 Å². The molecule has 0 unspecified atom stereocenters. The highest BCUT2D eigenvalue weighted by atomic mass is 32.1. The topological polar surface area (TPSA) is 57.6 Å². The first-order valence-electron chi connectivity index (χ1n) is 13.5. The largest absolute Gasteiger partial charge is 0.351 e. The molecule has 1 N–H and O–H groups in total. The smallest absolute Gasteiger partial charge is 0.271 e. The van der Waals surface area contributed by atoms with Gasteiger partial charge in [-0.2, -0.15) is 0 Å². The van der Waals surface area contributed by atoms with Crippen LogP contribution in [0.4, 0.5) is 0 Å². The van der Waals surface area contributed by atoms with E-state index in [2.05, 4.69) is 26.2 Å². The van der Waals surface area contributed by atoms with E-state index >= 15 is 0 Å². The summed E-state index contributed by atoms with van der Waals surface area (Å²) >= 11 is 1.66. The van der Waals surface area contributed by atoms with E-state index in [1.165, 1.54) is 57.8 Å². The van der Waals surface area contributed by atoms with Crippen molar-refractivity contribution in [2.24, 2.45) is 0 Å². The Labute approximate surface area is 207 Å². The summed E-state index contributed by atoms with van der Waals surface area (Å²) in [6.45, 7) is 6.15. The van der Waals surface area contributed by atoms with Gasteiger partial charge in [-0.15, -0.1) is 11.3 Å². The van der Waals surface area contributed by atoms with Crippen LogP contribution >= 0.6 is 11.3 Å². The number of carbonyl (C=O) groups excluding carboxylic acids is 2. The van der Waals surface area contributed by atoms with Crippen LogP contribution in [-0.4, -0.2) is 63.9 Å². The minimum atomic E-state index is -0.883. The molecule has 1 saturated heterocycles. The van der Waals surface area contributed by atoms with Crippen molar-refractivity contribution >= 4 is 33.4 Å². The Morgan fingerprint density at radius 2 is 1.71 bits per heavy atom. The third kappa shape index (κ3) is 4.78. The number of nitrogens with zero attached hydrogens (tertiary/aromatic N) is 3. The zero-order chi connectivity index (χ0) is 23.5. The summed E-state index contributed by atoms with van der Waals surface area (Å²) in [4.78, 5) is 32.2. The third-order valence-corrected chi connectivity index (χ3v) is 9.17. The number of amides is 2. The highest BCUT2D eigenvalue weighted by molar-refractivity contribution is 7.17. The summed E-state index contributed by atoms with van der Waals surface area (Å²) in [7, 11) is 0. The van der Waals surface area contributed by atoms with Crippen molar-refractivity contribution in [3.8, 4) is 0 Å². The lowest BCUT2D eigenvalue weighted by atomic mass is 9.92. The number of thiophene rings is 1. The Balaban J connectivity index is 1.40. The Bertz CT molecular complexity index is 998. The molecular weight excluding hydrogens is 444 g/mol. The second kappa shape index (κ2) is 10.4. The molecule has 0 aromatic carbocycles. The van der Waals surface area contributed by atoms with Crippen molar-refractivity contribution in [3.05, 3.63) is 23.2 Å². The molecule has 2 aliphatic heterocycles. The van der Waals surface area contributed by atoms with Crippen LogP contribution in [0.1, 0.15) is 88.0 Å². The van der Waals surface area contributed by atoms with Gasteiger partial charge in [0.1, 0.15) is 11.2 Å². The van der Waals surface area contributed by atoms with Gasteiger partial charge in [-0.3, -0.25) is 9.59 Å². The Kier molecular flexibility index (Phi) is 7.30. The molecule has 3 aliphatic rings. The van der Waals surface area contributed by atoms with E-state index in [1.807, 2.05) is 17.9 Å². The Hall–Kier alpha value is -1.86. The summed E-state index contributed by atoms with van der Waals surface area (Å²) in [6.07, 6.45) is 13.3. The second-order valence-corrected chi connectivity index (χ2v) is 11.7. The summed E-state index contributed by atoms with van der Waals surface area (Å²) in [6, 6.07) is 4.32. The summed E-state index contributed by atoms with van der Waals surface area (Å²) in [5, 5.41) is 5.47. The number of fused-ring (bicyclic) bond motifs is 3. The maximum absolute atomic E-state index is 13.9.